The molecule has 0 atom stereocenters. The van der Waals surface area contributed by atoms with Gasteiger partial charge in [-0.05, 0) is 25.0 Å². The summed E-state index contributed by atoms with van der Waals surface area (Å²) in [6.07, 6.45) is 6.33. The molecule has 2 rings (SSSR count). The molecule has 0 spiro atoms. The van der Waals surface area contributed by atoms with Gasteiger partial charge in [0.2, 0.25) is 0 Å². The van der Waals surface area contributed by atoms with E-state index in [0.29, 0.717) is 6.04 Å². The maximum Gasteiger partial charge on any atom is 0.0348 e. The molecule has 66 valence electrons. The zero-order valence-corrected chi connectivity index (χ0v) is 7.80. The molecular formula is C9H13NOS. The van der Waals surface area contributed by atoms with Gasteiger partial charge in [-0.25, -0.2) is 0 Å². The summed E-state index contributed by atoms with van der Waals surface area (Å²) in [4.78, 5) is 0. The molecule has 12 heavy (non-hydrogen) atoms. The number of hydrogen-bond acceptors (Lipinski definition) is 1. The molecule has 2 heterocycles. The van der Waals surface area contributed by atoms with Gasteiger partial charge in [-0.15, -0.1) is 0 Å². The van der Waals surface area contributed by atoms with Crippen molar-refractivity contribution in [1.29, 1.82) is 0 Å². The minimum atomic E-state index is -0.536. The van der Waals surface area contributed by atoms with Crippen molar-refractivity contribution in [1.82, 2.24) is 4.57 Å². The fourth-order valence-electron chi connectivity index (χ4n) is 1.67. The van der Waals surface area contributed by atoms with Crippen LogP contribution >= 0.6 is 0 Å². The molecule has 0 aromatic carbocycles. The molecule has 3 heteroatoms. The summed E-state index contributed by atoms with van der Waals surface area (Å²) in [5.41, 5.74) is 0. The van der Waals surface area contributed by atoms with Crippen LogP contribution in [0.2, 0.25) is 0 Å². The first-order valence-corrected chi connectivity index (χ1v) is 5.82. The van der Waals surface area contributed by atoms with Gasteiger partial charge >= 0.3 is 0 Å². The van der Waals surface area contributed by atoms with Gasteiger partial charge in [0.1, 0.15) is 0 Å². The quantitative estimate of drug-likeness (QED) is 0.648. The molecule has 0 amide bonds. The average Bonchev–Trinajstić information content (AvgIpc) is 2.58. The second kappa shape index (κ2) is 3.44. The molecule has 0 N–H and O–H groups in total. The van der Waals surface area contributed by atoms with Gasteiger partial charge < -0.3 is 4.57 Å². The molecule has 1 aliphatic heterocycles. The van der Waals surface area contributed by atoms with Crippen molar-refractivity contribution >= 4 is 10.8 Å². The van der Waals surface area contributed by atoms with Crippen LogP contribution in [-0.4, -0.2) is 20.3 Å². The molecule has 1 aromatic heterocycles. The molecule has 1 aliphatic rings. The van der Waals surface area contributed by atoms with Crippen molar-refractivity contribution in [3.63, 3.8) is 0 Å². The van der Waals surface area contributed by atoms with Crippen molar-refractivity contribution in [2.45, 2.75) is 18.9 Å². The topological polar surface area (TPSA) is 22.0 Å². The average molecular weight is 183 g/mol. The second-order valence-electron chi connectivity index (χ2n) is 3.21. The first-order chi connectivity index (χ1) is 5.86. The maximum absolute atomic E-state index is 11.1. The van der Waals surface area contributed by atoms with Gasteiger partial charge in [-0.1, -0.05) is 0 Å². The van der Waals surface area contributed by atoms with Crippen molar-refractivity contribution in [3.05, 3.63) is 24.5 Å². The summed E-state index contributed by atoms with van der Waals surface area (Å²) in [7, 11) is -0.536. The Bertz CT molecular complexity index is 258. The summed E-state index contributed by atoms with van der Waals surface area (Å²) >= 11 is 0. The van der Waals surface area contributed by atoms with Crippen LogP contribution in [0.5, 0.6) is 0 Å². The number of hydrogen-bond donors (Lipinski definition) is 0. The van der Waals surface area contributed by atoms with Crippen LogP contribution in [0.3, 0.4) is 0 Å². The number of aromatic nitrogens is 1. The van der Waals surface area contributed by atoms with Crippen molar-refractivity contribution in [2.75, 3.05) is 11.5 Å². The van der Waals surface area contributed by atoms with Crippen molar-refractivity contribution < 1.29 is 4.21 Å². The highest BCUT2D eigenvalue weighted by molar-refractivity contribution is 7.85. The highest BCUT2D eigenvalue weighted by Gasteiger charge is 2.17. The van der Waals surface area contributed by atoms with Crippen molar-refractivity contribution in [3.8, 4) is 0 Å². The van der Waals surface area contributed by atoms with Gasteiger partial charge in [0.25, 0.3) is 0 Å². The molecule has 1 saturated heterocycles. The van der Waals surface area contributed by atoms with E-state index in [1.165, 1.54) is 0 Å². The van der Waals surface area contributed by atoms with E-state index in [-0.39, 0.29) is 0 Å². The molecule has 0 aliphatic carbocycles. The van der Waals surface area contributed by atoms with Crippen molar-refractivity contribution in [2.24, 2.45) is 0 Å². The molecule has 0 unspecified atom stereocenters. The largest absolute Gasteiger partial charge is 0.351 e. The van der Waals surface area contributed by atoms with Crippen LogP contribution in [0.25, 0.3) is 0 Å². The monoisotopic (exact) mass is 183 g/mol. The van der Waals surface area contributed by atoms with Gasteiger partial charge in [0, 0.05) is 40.7 Å². The van der Waals surface area contributed by atoms with Crippen LogP contribution < -0.4 is 0 Å². The minimum absolute atomic E-state index is 0.536. The molecule has 0 radical (unpaired) electrons. The Hall–Kier alpha value is -0.570. The minimum Gasteiger partial charge on any atom is -0.351 e. The smallest absolute Gasteiger partial charge is 0.0348 e. The molecule has 0 saturated carbocycles. The Balaban J connectivity index is 2.03. The first kappa shape index (κ1) is 8.05. The third-order valence-corrected chi connectivity index (χ3v) is 3.79. The Morgan fingerprint density at radius 2 is 1.75 bits per heavy atom. The number of nitrogens with zero attached hydrogens (tertiary/aromatic N) is 1. The van der Waals surface area contributed by atoms with Crippen LogP contribution in [0.15, 0.2) is 24.5 Å². The highest BCUT2D eigenvalue weighted by atomic mass is 32.2. The predicted octanol–water partition coefficient (Wildman–Crippen LogP) is 1.57. The van der Waals surface area contributed by atoms with E-state index in [1.807, 2.05) is 12.1 Å². The van der Waals surface area contributed by atoms with E-state index in [4.69, 9.17) is 0 Å². The molecule has 1 fully saturated rings. The third kappa shape index (κ3) is 1.61. The fraction of sp³-hybridized carbons (Fsp3) is 0.556. The molecule has 2 nitrogen and oxygen atoms in total. The summed E-state index contributed by atoms with van der Waals surface area (Å²) in [6, 6.07) is 4.69. The van der Waals surface area contributed by atoms with Gasteiger partial charge in [-0.3, -0.25) is 4.21 Å². The lowest BCUT2D eigenvalue weighted by Crippen LogP contribution is -2.20. The molecule has 0 bridgehead atoms. The van der Waals surface area contributed by atoms with Crippen LogP contribution in [0.1, 0.15) is 18.9 Å². The van der Waals surface area contributed by atoms with Gasteiger partial charge in [0.05, 0.1) is 0 Å². The first-order valence-electron chi connectivity index (χ1n) is 4.34. The van der Waals surface area contributed by atoms with E-state index in [2.05, 4.69) is 17.0 Å². The van der Waals surface area contributed by atoms with E-state index in [0.717, 1.165) is 24.3 Å². The Morgan fingerprint density at radius 1 is 1.17 bits per heavy atom. The SMILES string of the molecule is O=S1CCC(n2cccc2)CC1. The summed E-state index contributed by atoms with van der Waals surface area (Å²) in [5.74, 6) is 1.76. The van der Waals surface area contributed by atoms with E-state index < -0.39 is 10.8 Å². The predicted molar refractivity (Wildman–Crippen MR) is 50.6 cm³/mol. The second-order valence-corrected chi connectivity index (χ2v) is 4.91. The van der Waals surface area contributed by atoms with E-state index >= 15 is 0 Å². The molecule has 1 aromatic rings. The Labute approximate surface area is 75.0 Å². The van der Waals surface area contributed by atoms with E-state index in [1.54, 1.807) is 0 Å². The normalized spacial score (nSPS) is 30.3. The lowest BCUT2D eigenvalue weighted by molar-refractivity contribution is 0.464. The van der Waals surface area contributed by atoms with Gasteiger partial charge in [0.15, 0.2) is 0 Å². The zero-order valence-electron chi connectivity index (χ0n) is 6.98. The third-order valence-electron chi connectivity index (χ3n) is 2.41. The van der Waals surface area contributed by atoms with E-state index in [9.17, 15) is 4.21 Å². The zero-order chi connectivity index (χ0) is 8.39. The Morgan fingerprint density at radius 3 is 2.33 bits per heavy atom. The number of rotatable bonds is 1. The maximum atomic E-state index is 11.1. The summed E-state index contributed by atoms with van der Waals surface area (Å²) < 4.78 is 13.3. The highest BCUT2D eigenvalue weighted by Crippen LogP contribution is 2.21. The summed E-state index contributed by atoms with van der Waals surface area (Å²) in [5, 5.41) is 0. The fourth-order valence-corrected chi connectivity index (χ4v) is 2.94. The van der Waals surface area contributed by atoms with Crippen LogP contribution in [-0.2, 0) is 10.8 Å². The lowest BCUT2D eigenvalue weighted by atomic mass is 10.1. The van der Waals surface area contributed by atoms with Crippen LogP contribution in [0.4, 0.5) is 0 Å². The van der Waals surface area contributed by atoms with Gasteiger partial charge in [-0.2, -0.15) is 0 Å². The summed E-state index contributed by atoms with van der Waals surface area (Å²) in [6.45, 7) is 0. The molecular weight excluding hydrogens is 170 g/mol. The lowest BCUT2D eigenvalue weighted by Gasteiger charge is -2.22. The van der Waals surface area contributed by atoms with Crippen LogP contribution in [0, 0.1) is 0 Å². The standard InChI is InChI=1S/C9H13NOS/c11-12-7-3-9(4-8-12)10-5-1-2-6-10/h1-2,5-6,9H,3-4,7-8H2. The Kier molecular flexibility index (Phi) is 2.30.